The van der Waals surface area contributed by atoms with Gasteiger partial charge in [-0.05, 0) is 0 Å². The summed E-state index contributed by atoms with van der Waals surface area (Å²) in [6.07, 6.45) is 5.42. The fourth-order valence-electron chi connectivity index (χ4n) is 2.62. The fraction of sp³-hybridized carbons (Fsp3) is 0.500. The van der Waals surface area contributed by atoms with Crippen LogP contribution in [0.1, 0.15) is 45.4 Å². The van der Waals surface area contributed by atoms with Gasteiger partial charge < -0.3 is 0 Å². The molecular formula is C16H22O3Se. The molecule has 1 aromatic rings. The van der Waals surface area contributed by atoms with E-state index in [0.29, 0.717) is 22.9 Å². The van der Waals surface area contributed by atoms with Crippen LogP contribution in [0.15, 0.2) is 40.9 Å². The van der Waals surface area contributed by atoms with Crippen LogP contribution in [0.5, 0.6) is 0 Å². The van der Waals surface area contributed by atoms with E-state index in [1.807, 2.05) is 0 Å². The molecule has 0 spiro atoms. The molecule has 1 atom stereocenters. The SMILES string of the molecule is CC1(O)CCCCCC/C1=C\[Se](=O)(=O)c1ccccc1. The van der Waals surface area contributed by atoms with E-state index in [2.05, 4.69) is 0 Å². The van der Waals surface area contributed by atoms with Crippen LogP contribution >= 0.6 is 0 Å². The van der Waals surface area contributed by atoms with Crippen molar-refractivity contribution in [1.29, 1.82) is 0 Å². The molecular weight excluding hydrogens is 319 g/mol. The maximum atomic E-state index is 12.5. The van der Waals surface area contributed by atoms with Crippen LogP contribution in [0.3, 0.4) is 0 Å². The minimum absolute atomic E-state index is 0.356. The van der Waals surface area contributed by atoms with Crippen LogP contribution in [-0.2, 0) is 7.67 Å². The first-order valence-electron chi connectivity index (χ1n) is 7.15. The Morgan fingerprint density at radius 3 is 2.45 bits per heavy atom. The van der Waals surface area contributed by atoms with Crippen LogP contribution in [-0.4, -0.2) is 23.4 Å². The molecule has 4 heteroatoms. The van der Waals surface area contributed by atoms with Crippen LogP contribution in [0.4, 0.5) is 0 Å². The first-order chi connectivity index (χ1) is 9.42. The Balaban J connectivity index is 2.36. The zero-order valence-corrected chi connectivity index (χ0v) is 13.6. The molecule has 1 unspecified atom stereocenters. The molecule has 3 nitrogen and oxygen atoms in total. The van der Waals surface area contributed by atoms with Gasteiger partial charge in [0.05, 0.1) is 0 Å². The predicted octanol–water partition coefficient (Wildman–Crippen LogP) is 2.77. The Morgan fingerprint density at radius 1 is 1.10 bits per heavy atom. The Morgan fingerprint density at radius 2 is 1.75 bits per heavy atom. The van der Waals surface area contributed by atoms with Crippen LogP contribution in [0, 0.1) is 0 Å². The van der Waals surface area contributed by atoms with Crippen molar-refractivity contribution in [2.24, 2.45) is 0 Å². The average molecular weight is 341 g/mol. The molecule has 1 aromatic carbocycles. The van der Waals surface area contributed by atoms with E-state index in [1.54, 1.807) is 37.3 Å². The van der Waals surface area contributed by atoms with E-state index < -0.39 is 18.3 Å². The monoisotopic (exact) mass is 342 g/mol. The molecule has 1 saturated carbocycles. The van der Waals surface area contributed by atoms with Crippen molar-refractivity contribution in [3.63, 3.8) is 0 Å². The second-order valence-corrected chi connectivity index (χ2v) is 9.46. The number of hydrogen-bond donors (Lipinski definition) is 1. The standard InChI is InChI=1S/C16H22O3Se/c1-16(17)12-8-3-2-5-9-14(16)13-20(18,19)15-10-6-4-7-11-15/h4,6-7,10-11,13,17H,2-3,5,8-9,12H2,1H3/b14-13+. The summed E-state index contributed by atoms with van der Waals surface area (Å²) in [7, 11) is 0. The Bertz CT molecular complexity index is 571. The summed E-state index contributed by atoms with van der Waals surface area (Å²) in [5.41, 5.74) is -0.321. The molecule has 20 heavy (non-hydrogen) atoms. The topological polar surface area (TPSA) is 54.4 Å². The van der Waals surface area contributed by atoms with Crippen molar-refractivity contribution in [2.75, 3.05) is 0 Å². The summed E-state index contributed by atoms with van der Waals surface area (Å²) in [5, 5.41) is 10.5. The summed E-state index contributed by atoms with van der Waals surface area (Å²) >= 11 is -4.32. The van der Waals surface area contributed by atoms with Gasteiger partial charge in [-0.15, -0.1) is 0 Å². The van der Waals surface area contributed by atoms with Crippen molar-refractivity contribution in [1.82, 2.24) is 0 Å². The third-order valence-electron chi connectivity index (χ3n) is 3.92. The molecule has 0 aliphatic heterocycles. The average Bonchev–Trinajstić information content (AvgIpc) is 2.40. The molecule has 1 N–H and O–H groups in total. The van der Waals surface area contributed by atoms with Crippen LogP contribution < -0.4 is 4.46 Å². The summed E-state index contributed by atoms with van der Waals surface area (Å²) < 4.78 is 25.3. The number of hydrogen-bond acceptors (Lipinski definition) is 3. The Hall–Kier alpha value is -0.961. The molecule has 1 fully saturated rings. The molecule has 0 saturated heterocycles. The number of aliphatic hydroxyl groups is 1. The van der Waals surface area contributed by atoms with E-state index in [-0.39, 0.29) is 0 Å². The van der Waals surface area contributed by atoms with Gasteiger partial charge in [0.15, 0.2) is 0 Å². The summed E-state index contributed by atoms with van der Waals surface area (Å²) in [6.45, 7) is 1.74. The third-order valence-corrected chi connectivity index (χ3v) is 7.12. The fourth-order valence-corrected chi connectivity index (χ4v) is 5.60. The van der Waals surface area contributed by atoms with Crippen LogP contribution in [0.25, 0.3) is 0 Å². The van der Waals surface area contributed by atoms with E-state index >= 15 is 0 Å². The van der Waals surface area contributed by atoms with Gasteiger partial charge in [0.25, 0.3) is 0 Å². The zero-order valence-electron chi connectivity index (χ0n) is 11.9. The van der Waals surface area contributed by atoms with Gasteiger partial charge in [-0.3, -0.25) is 0 Å². The van der Waals surface area contributed by atoms with Gasteiger partial charge in [0, 0.05) is 0 Å². The normalized spacial score (nSPS) is 27.0. The van der Waals surface area contributed by atoms with Crippen molar-refractivity contribution in [3.8, 4) is 0 Å². The molecule has 0 amide bonds. The van der Waals surface area contributed by atoms with E-state index in [9.17, 15) is 12.8 Å². The van der Waals surface area contributed by atoms with Gasteiger partial charge >= 0.3 is 122 Å². The van der Waals surface area contributed by atoms with Crippen molar-refractivity contribution in [3.05, 3.63) is 40.9 Å². The Kier molecular flexibility index (Phi) is 4.79. The number of benzene rings is 1. The predicted molar refractivity (Wildman–Crippen MR) is 79.6 cm³/mol. The third kappa shape index (κ3) is 3.78. The molecule has 2 rings (SSSR count). The van der Waals surface area contributed by atoms with Crippen molar-refractivity contribution in [2.45, 2.75) is 51.0 Å². The summed E-state index contributed by atoms with van der Waals surface area (Å²) in [6, 6.07) is 8.50. The molecule has 1 aliphatic rings. The van der Waals surface area contributed by atoms with Gasteiger partial charge in [0.2, 0.25) is 0 Å². The zero-order chi connectivity index (χ0) is 14.6. The van der Waals surface area contributed by atoms with Crippen molar-refractivity contribution < 1.29 is 12.8 Å². The molecule has 0 bridgehead atoms. The second-order valence-electron chi connectivity index (χ2n) is 5.69. The first kappa shape index (κ1) is 15.4. The molecule has 0 heterocycles. The van der Waals surface area contributed by atoms with E-state index in [4.69, 9.17) is 0 Å². The van der Waals surface area contributed by atoms with E-state index in [0.717, 1.165) is 25.7 Å². The summed E-state index contributed by atoms with van der Waals surface area (Å²) in [4.78, 5) is 1.36. The summed E-state index contributed by atoms with van der Waals surface area (Å²) in [5.74, 6) is 0. The van der Waals surface area contributed by atoms with Gasteiger partial charge in [-0.2, -0.15) is 0 Å². The quantitative estimate of drug-likeness (QED) is 0.842. The van der Waals surface area contributed by atoms with Gasteiger partial charge in [-0.1, -0.05) is 0 Å². The van der Waals surface area contributed by atoms with Gasteiger partial charge in [-0.25, -0.2) is 0 Å². The van der Waals surface area contributed by atoms with E-state index in [1.165, 1.54) is 4.97 Å². The number of rotatable bonds is 2. The second kappa shape index (κ2) is 6.21. The minimum atomic E-state index is -4.32. The maximum absolute atomic E-state index is 12.5. The molecule has 0 radical (unpaired) electrons. The Labute approximate surface area is 122 Å². The molecule has 1 aliphatic carbocycles. The van der Waals surface area contributed by atoms with Gasteiger partial charge in [0.1, 0.15) is 0 Å². The van der Waals surface area contributed by atoms with Crippen LogP contribution in [0.2, 0.25) is 0 Å². The molecule has 0 aromatic heterocycles. The van der Waals surface area contributed by atoms with Crippen molar-refractivity contribution >= 4 is 17.2 Å². The molecule has 110 valence electrons. The first-order valence-corrected chi connectivity index (χ1v) is 10.4.